The number of nitrogens with one attached hydrogen (secondary N) is 1. The Morgan fingerprint density at radius 1 is 1.11 bits per heavy atom. The molecule has 0 bridgehead atoms. The molecule has 9 heteroatoms. The van der Waals surface area contributed by atoms with Gasteiger partial charge in [-0.3, -0.25) is 14.4 Å². The first-order chi connectivity index (χ1) is 18.0. The first-order valence-corrected chi connectivity index (χ1v) is 12.6. The summed E-state index contributed by atoms with van der Waals surface area (Å²) in [5.74, 6) is 1.18. The Morgan fingerprint density at radius 3 is 2.57 bits per heavy atom. The summed E-state index contributed by atoms with van der Waals surface area (Å²) < 4.78 is 1.74. The lowest BCUT2D eigenvalue weighted by Gasteiger charge is -2.22. The fourth-order valence-corrected chi connectivity index (χ4v) is 4.97. The number of rotatable bonds is 6. The van der Waals surface area contributed by atoms with Crippen molar-refractivity contribution in [1.82, 2.24) is 19.9 Å². The third kappa shape index (κ3) is 4.61. The Labute approximate surface area is 218 Å². The van der Waals surface area contributed by atoms with Crippen molar-refractivity contribution in [3.63, 3.8) is 0 Å². The number of para-hydroxylation sites is 1. The van der Waals surface area contributed by atoms with Crippen molar-refractivity contribution in [3.05, 3.63) is 100 Å². The van der Waals surface area contributed by atoms with Crippen LogP contribution in [-0.4, -0.2) is 38.9 Å². The maximum absolute atomic E-state index is 14.2. The monoisotopic (exact) mass is 507 g/mol. The van der Waals surface area contributed by atoms with Crippen LogP contribution in [0.4, 0.5) is 0 Å². The predicted molar refractivity (Wildman–Crippen MR) is 153 cm³/mol. The highest BCUT2D eigenvalue weighted by atomic mass is 32.2. The summed E-state index contributed by atoms with van der Waals surface area (Å²) in [5.41, 5.74) is 5.33. The molecule has 4 aromatic rings. The molecule has 5 rings (SSSR count). The van der Waals surface area contributed by atoms with Crippen LogP contribution in [0, 0.1) is 6.92 Å². The molecule has 37 heavy (non-hydrogen) atoms. The standard InChI is InChI=1S/C28H25N7OS/c1-17(34-26(29-3)25-27(30-4)37-16-33-25)23-13-19-9-8-12-22(20-14-31-18(2)32-15-20)24(19)28(36)35(23)21-10-6-5-7-11-21/h5-17,34H,3H2,1-2,4H3/b26-25-,30-27+/t17-/m0/s1. The molecule has 0 unspecified atom stereocenters. The molecule has 0 fully saturated rings. The summed E-state index contributed by atoms with van der Waals surface area (Å²) in [4.78, 5) is 35.8. The van der Waals surface area contributed by atoms with Crippen molar-refractivity contribution in [1.29, 1.82) is 0 Å². The quantitative estimate of drug-likeness (QED) is 0.367. The second kappa shape index (κ2) is 10.3. The number of aromatic nitrogens is 3. The van der Waals surface area contributed by atoms with E-state index in [1.54, 1.807) is 29.6 Å². The van der Waals surface area contributed by atoms with Crippen molar-refractivity contribution < 1.29 is 0 Å². The lowest BCUT2D eigenvalue weighted by atomic mass is 9.99. The zero-order valence-corrected chi connectivity index (χ0v) is 21.5. The van der Waals surface area contributed by atoms with Gasteiger partial charge in [-0.05, 0) is 49.7 Å². The minimum atomic E-state index is -0.310. The van der Waals surface area contributed by atoms with Gasteiger partial charge < -0.3 is 5.32 Å². The second-order valence-electron chi connectivity index (χ2n) is 8.44. The molecule has 0 amide bonds. The maximum atomic E-state index is 14.2. The van der Waals surface area contributed by atoms with E-state index < -0.39 is 0 Å². The van der Waals surface area contributed by atoms with E-state index in [1.807, 2.05) is 68.4 Å². The van der Waals surface area contributed by atoms with E-state index >= 15 is 0 Å². The Balaban J connectivity index is 1.72. The van der Waals surface area contributed by atoms with Gasteiger partial charge in [-0.15, -0.1) is 0 Å². The van der Waals surface area contributed by atoms with Crippen molar-refractivity contribution in [2.24, 2.45) is 15.0 Å². The first kappa shape index (κ1) is 24.3. The highest BCUT2D eigenvalue weighted by molar-refractivity contribution is 8.26. The van der Waals surface area contributed by atoms with Crippen LogP contribution in [0.5, 0.6) is 0 Å². The molecule has 1 aliphatic heterocycles. The second-order valence-corrected chi connectivity index (χ2v) is 9.27. The number of hydrogen-bond acceptors (Lipinski definition) is 8. The average Bonchev–Trinajstić information content (AvgIpc) is 3.41. The van der Waals surface area contributed by atoms with Gasteiger partial charge in [-0.1, -0.05) is 48.2 Å². The van der Waals surface area contributed by atoms with E-state index in [2.05, 4.69) is 37.0 Å². The van der Waals surface area contributed by atoms with Crippen molar-refractivity contribution in [2.45, 2.75) is 19.9 Å². The SMILES string of the molecule is C=N/C(N[C@@H](C)c1cc2cccc(-c3cnc(C)nc3)c2c(=O)n1-c1ccccc1)=C1/N=CS/C1=N/C. The van der Waals surface area contributed by atoms with Gasteiger partial charge in [0.2, 0.25) is 0 Å². The largest absolute Gasteiger partial charge is 0.360 e. The number of nitrogens with zero attached hydrogens (tertiary/aromatic N) is 6. The van der Waals surface area contributed by atoms with E-state index in [-0.39, 0.29) is 11.6 Å². The number of aliphatic imine (C=N–C) groups is 3. The Hall–Kier alpha value is -4.37. The van der Waals surface area contributed by atoms with Gasteiger partial charge >= 0.3 is 0 Å². The molecule has 0 radical (unpaired) electrons. The summed E-state index contributed by atoms with van der Waals surface area (Å²) >= 11 is 1.43. The van der Waals surface area contributed by atoms with E-state index in [1.165, 1.54) is 11.8 Å². The highest BCUT2D eigenvalue weighted by Gasteiger charge is 2.22. The first-order valence-electron chi connectivity index (χ1n) is 11.7. The molecule has 0 saturated carbocycles. The van der Waals surface area contributed by atoms with Gasteiger partial charge in [0.25, 0.3) is 5.56 Å². The summed E-state index contributed by atoms with van der Waals surface area (Å²) in [6.07, 6.45) is 3.51. The number of fused-ring (bicyclic) bond motifs is 1. The van der Waals surface area contributed by atoms with E-state index in [4.69, 9.17) is 0 Å². The normalized spacial score (nSPS) is 16.2. The molecule has 1 N–H and O–H groups in total. The van der Waals surface area contributed by atoms with Crippen LogP contribution in [0.2, 0.25) is 0 Å². The number of thioether (sulfide) groups is 1. The van der Waals surface area contributed by atoms with Gasteiger partial charge in [-0.2, -0.15) is 0 Å². The van der Waals surface area contributed by atoms with Crippen LogP contribution in [-0.2, 0) is 0 Å². The minimum absolute atomic E-state index is 0.130. The van der Waals surface area contributed by atoms with Crippen molar-refractivity contribution >= 4 is 39.8 Å². The molecule has 1 atom stereocenters. The summed E-state index contributed by atoms with van der Waals surface area (Å²) in [6, 6.07) is 17.2. The molecule has 184 valence electrons. The lowest BCUT2D eigenvalue weighted by molar-refractivity contribution is 0.608. The van der Waals surface area contributed by atoms with E-state index in [9.17, 15) is 4.79 Å². The van der Waals surface area contributed by atoms with Gasteiger partial charge in [0, 0.05) is 36.4 Å². The van der Waals surface area contributed by atoms with Gasteiger partial charge in [0.15, 0.2) is 5.82 Å². The molecular weight excluding hydrogens is 482 g/mol. The number of hydrogen-bond donors (Lipinski definition) is 1. The van der Waals surface area contributed by atoms with Gasteiger partial charge in [0.1, 0.15) is 16.6 Å². The minimum Gasteiger partial charge on any atom is -0.360 e. The fraction of sp³-hybridized carbons (Fsp3) is 0.143. The molecule has 0 aliphatic carbocycles. The predicted octanol–water partition coefficient (Wildman–Crippen LogP) is 5.08. The summed E-state index contributed by atoms with van der Waals surface area (Å²) in [7, 11) is 1.72. The van der Waals surface area contributed by atoms with Crippen LogP contribution in [0.15, 0.2) is 98.3 Å². The van der Waals surface area contributed by atoms with Crippen molar-refractivity contribution in [2.75, 3.05) is 7.05 Å². The number of pyridine rings is 1. The molecule has 2 aromatic heterocycles. The van der Waals surface area contributed by atoms with Gasteiger partial charge in [-0.25, -0.2) is 20.0 Å². The molecular formula is C28H25N7OS. The van der Waals surface area contributed by atoms with Gasteiger partial charge in [0.05, 0.1) is 17.0 Å². The zero-order chi connectivity index (χ0) is 25.9. The Kier molecular flexibility index (Phi) is 6.78. The molecule has 8 nitrogen and oxygen atoms in total. The van der Waals surface area contributed by atoms with Crippen LogP contribution >= 0.6 is 11.8 Å². The molecule has 2 aromatic carbocycles. The third-order valence-corrected chi connectivity index (χ3v) is 6.92. The van der Waals surface area contributed by atoms with E-state index in [0.29, 0.717) is 22.7 Å². The number of benzene rings is 2. The zero-order valence-electron chi connectivity index (χ0n) is 20.7. The van der Waals surface area contributed by atoms with Crippen LogP contribution in [0.25, 0.3) is 27.6 Å². The van der Waals surface area contributed by atoms with Crippen LogP contribution < -0.4 is 10.9 Å². The lowest BCUT2D eigenvalue weighted by Crippen LogP contribution is -2.29. The third-order valence-electron chi connectivity index (χ3n) is 6.11. The molecule has 3 heterocycles. The summed E-state index contributed by atoms with van der Waals surface area (Å²) in [6.45, 7) is 7.55. The van der Waals surface area contributed by atoms with E-state index in [0.717, 1.165) is 32.9 Å². The van der Waals surface area contributed by atoms with Crippen LogP contribution in [0.3, 0.4) is 0 Å². The molecule has 0 spiro atoms. The molecule has 1 aliphatic rings. The topological polar surface area (TPSA) is 96.9 Å². The Bertz CT molecular complexity index is 1640. The van der Waals surface area contributed by atoms with Crippen LogP contribution in [0.1, 0.15) is 24.5 Å². The number of aryl methyl sites for hydroxylation is 1. The Morgan fingerprint density at radius 2 is 1.86 bits per heavy atom. The highest BCUT2D eigenvalue weighted by Crippen LogP contribution is 2.30. The van der Waals surface area contributed by atoms with Crippen molar-refractivity contribution in [3.8, 4) is 16.8 Å². The fourth-order valence-electron chi connectivity index (χ4n) is 4.35. The molecule has 0 saturated heterocycles. The smallest absolute Gasteiger partial charge is 0.263 e. The summed E-state index contributed by atoms with van der Waals surface area (Å²) in [5, 5.41) is 5.59. The maximum Gasteiger partial charge on any atom is 0.263 e. The average molecular weight is 508 g/mol.